The van der Waals surface area contributed by atoms with Gasteiger partial charge in [0.1, 0.15) is 5.58 Å². The van der Waals surface area contributed by atoms with E-state index in [0.29, 0.717) is 21.6 Å². The van der Waals surface area contributed by atoms with Gasteiger partial charge in [-0.15, -0.1) is 16.4 Å². The van der Waals surface area contributed by atoms with Crippen LogP contribution >= 0.6 is 22.9 Å². The van der Waals surface area contributed by atoms with Gasteiger partial charge in [-0.3, -0.25) is 0 Å². The molecule has 0 unspecified atom stereocenters. The minimum Gasteiger partial charge on any atom is -0.423 e. The number of fused-ring (bicyclic) bond motifs is 1. The number of nitrogens with zero attached hydrogens (tertiary/aromatic N) is 2. The van der Waals surface area contributed by atoms with Crippen LogP contribution in [0.3, 0.4) is 0 Å². The van der Waals surface area contributed by atoms with Crippen LogP contribution in [0.2, 0.25) is 5.02 Å². The van der Waals surface area contributed by atoms with E-state index in [2.05, 4.69) is 5.10 Å². The zero-order valence-corrected chi connectivity index (χ0v) is 15.3. The highest BCUT2D eigenvalue weighted by atomic mass is 35.5. The fourth-order valence-corrected chi connectivity index (χ4v) is 3.70. The van der Waals surface area contributed by atoms with E-state index in [1.807, 2.05) is 24.4 Å². The average Bonchev–Trinajstić information content (AvgIpc) is 3.25. The number of aryl methyl sites for hydroxylation is 1. The molecule has 0 aliphatic heterocycles. The van der Waals surface area contributed by atoms with Crippen LogP contribution in [0.15, 0.2) is 54.1 Å². The van der Waals surface area contributed by atoms with Crippen molar-refractivity contribution in [1.29, 1.82) is 0 Å². The Kier molecular flexibility index (Phi) is 4.26. The number of rotatable bonds is 4. The molecular formula is C18H13ClN2O4S. The number of halogens is 1. The first-order chi connectivity index (χ1) is 12.5. The molecule has 3 heterocycles. The Hall–Kier alpha value is -2.64. The molecule has 0 amide bonds. The van der Waals surface area contributed by atoms with Gasteiger partial charge >= 0.3 is 11.4 Å². The summed E-state index contributed by atoms with van der Waals surface area (Å²) in [6.45, 7) is 2.05. The Morgan fingerprint density at radius 2 is 2.04 bits per heavy atom. The smallest absolute Gasteiger partial charge is 0.423 e. The lowest BCUT2D eigenvalue weighted by molar-refractivity contribution is 0.494. The van der Waals surface area contributed by atoms with Crippen molar-refractivity contribution in [1.82, 2.24) is 9.78 Å². The van der Waals surface area contributed by atoms with E-state index in [-0.39, 0.29) is 12.4 Å². The summed E-state index contributed by atoms with van der Waals surface area (Å²) >= 11 is 7.72. The predicted molar refractivity (Wildman–Crippen MR) is 100 cm³/mol. The van der Waals surface area contributed by atoms with Gasteiger partial charge in [-0.2, -0.15) is 4.68 Å². The molecule has 0 saturated heterocycles. The zero-order valence-electron chi connectivity index (χ0n) is 13.7. The summed E-state index contributed by atoms with van der Waals surface area (Å²) in [4.78, 5) is 24.8. The molecule has 4 aromatic rings. The van der Waals surface area contributed by atoms with Crippen molar-refractivity contribution in [2.45, 2.75) is 19.9 Å². The molecule has 0 bridgehead atoms. The monoisotopic (exact) mass is 388 g/mol. The average molecular weight is 389 g/mol. The van der Waals surface area contributed by atoms with Gasteiger partial charge in [0.25, 0.3) is 5.89 Å². The lowest BCUT2D eigenvalue weighted by Gasteiger charge is -2.07. The second kappa shape index (κ2) is 6.59. The van der Waals surface area contributed by atoms with Crippen molar-refractivity contribution in [3.63, 3.8) is 0 Å². The minimum atomic E-state index is -0.592. The van der Waals surface area contributed by atoms with E-state index >= 15 is 0 Å². The van der Waals surface area contributed by atoms with Crippen LogP contribution in [0.5, 0.6) is 0 Å². The molecule has 0 atom stereocenters. The molecule has 3 aromatic heterocycles. The van der Waals surface area contributed by atoms with Crippen LogP contribution in [0, 0.1) is 0 Å². The molecule has 6 nitrogen and oxygen atoms in total. The second-order valence-corrected chi connectivity index (χ2v) is 7.05. The van der Waals surface area contributed by atoms with Gasteiger partial charge in [0.05, 0.1) is 11.4 Å². The third kappa shape index (κ3) is 3.00. The van der Waals surface area contributed by atoms with E-state index in [4.69, 9.17) is 20.4 Å². The van der Waals surface area contributed by atoms with Crippen molar-refractivity contribution in [3.05, 3.63) is 72.8 Å². The lowest BCUT2D eigenvalue weighted by Crippen LogP contribution is -2.17. The zero-order chi connectivity index (χ0) is 18.3. The fraction of sp³-hybridized carbons (Fsp3) is 0.167. The standard InChI is InChI=1S/C18H13ClN2O4S/c1-2-10-6-14-12(8-13(10)19)11(7-16(22)24-14)9-21-18(23)25-17(20-21)15-4-3-5-26-15/h3-8H,2,9H2,1H3. The van der Waals surface area contributed by atoms with Crippen molar-refractivity contribution >= 4 is 33.9 Å². The molecule has 0 N–H and O–H groups in total. The van der Waals surface area contributed by atoms with Gasteiger partial charge in [0.2, 0.25) is 0 Å². The molecule has 0 fully saturated rings. The molecule has 4 rings (SSSR count). The Morgan fingerprint density at radius 3 is 2.77 bits per heavy atom. The largest absolute Gasteiger partial charge is 0.437 e. The van der Waals surface area contributed by atoms with Crippen LogP contribution in [-0.4, -0.2) is 9.78 Å². The van der Waals surface area contributed by atoms with Crippen molar-refractivity contribution in [2.24, 2.45) is 0 Å². The summed E-state index contributed by atoms with van der Waals surface area (Å²) < 4.78 is 11.7. The molecule has 132 valence electrons. The number of hydrogen-bond donors (Lipinski definition) is 0. The maximum absolute atomic E-state index is 12.1. The first-order valence-electron chi connectivity index (χ1n) is 7.92. The maximum Gasteiger partial charge on any atom is 0.437 e. The number of thiophene rings is 1. The van der Waals surface area contributed by atoms with E-state index in [0.717, 1.165) is 16.9 Å². The predicted octanol–water partition coefficient (Wildman–Crippen LogP) is 3.94. The molecule has 0 aliphatic rings. The molecule has 26 heavy (non-hydrogen) atoms. The van der Waals surface area contributed by atoms with Gasteiger partial charge in [0, 0.05) is 16.5 Å². The highest BCUT2D eigenvalue weighted by Gasteiger charge is 2.15. The highest BCUT2D eigenvalue weighted by molar-refractivity contribution is 7.13. The van der Waals surface area contributed by atoms with Gasteiger partial charge in [-0.05, 0) is 41.1 Å². The molecule has 0 saturated carbocycles. The van der Waals surface area contributed by atoms with Crippen LogP contribution in [0.4, 0.5) is 0 Å². The van der Waals surface area contributed by atoms with E-state index < -0.39 is 11.4 Å². The van der Waals surface area contributed by atoms with Crippen LogP contribution < -0.4 is 11.4 Å². The summed E-state index contributed by atoms with van der Waals surface area (Å²) in [5.41, 5.74) is 1.42. The summed E-state index contributed by atoms with van der Waals surface area (Å²) in [5, 5.41) is 7.35. The topological polar surface area (TPSA) is 78.2 Å². The SMILES string of the molecule is CCc1cc2oc(=O)cc(Cn3nc(-c4cccs4)oc3=O)c2cc1Cl. The van der Waals surface area contributed by atoms with E-state index in [1.54, 1.807) is 12.1 Å². The minimum absolute atomic E-state index is 0.0810. The quantitative estimate of drug-likeness (QED) is 0.495. The summed E-state index contributed by atoms with van der Waals surface area (Å²) in [6.07, 6.45) is 0.718. The number of hydrogen-bond acceptors (Lipinski definition) is 6. The van der Waals surface area contributed by atoms with Crippen molar-refractivity contribution < 1.29 is 8.83 Å². The molecule has 8 heteroatoms. The first kappa shape index (κ1) is 16.8. The Balaban J connectivity index is 1.82. The normalized spacial score (nSPS) is 11.3. The number of aromatic nitrogens is 2. The van der Waals surface area contributed by atoms with Gasteiger partial charge in [-0.1, -0.05) is 24.6 Å². The van der Waals surface area contributed by atoms with Crippen molar-refractivity contribution in [3.8, 4) is 10.8 Å². The fourth-order valence-electron chi connectivity index (χ4n) is 2.76. The maximum atomic E-state index is 12.1. The van der Waals surface area contributed by atoms with Gasteiger partial charge in [-0.25, -0.2) is 9.59 Å². The molecule has 0 aliphatic carbocycles. The lowest BCUT2D eigenvalue weighted by atomic mass is 10.1. The third-order valence-corrected chi connectivity index (χ3v) is 5.25. The second-order valence-electron chi connectivity index (χ2n) is 5.69. The van der Waals surface area contributed by atoms with E-state index in [1.165, 1.54) is 22.1 Å². The highest BCUT2D eigenvalue weighted by Crippen LogP contribution is 2.27. The molecular weight excluding hydrogens is 376 g/mol. The Morgan fingerprint density at radius 1 is 1.19 bits per heavy atom. The van der Waals surface area contributed by atoms with Crippen LogP contribution in [-0.2, 0) is 13.0 Å². The Bertz CT molecular complexity index is 1200. The summed E-state index contributed by atoms with van der Waals surface area (Å²) in [7, 11) is 0. The summed E-state index contributed by atoms with van der Waals surface area (Å²) in [6, 6.07) is 8.52. The molecule has 1 aromatic carbocycles. The van der Waals surface area contributed by atoms with Gasteiger partial charge < -0.3 is 8.83 Å². The van der Waals surface area contributed by atoms with Crippen LogP contribution in [0.25, 0.3) is 21.7 Å². The molecule has 0 spiro atoms. The van der Waals surface area contributed by atoms with E-state index in [9.17, 15) is 9.59 Å². The van der Waals surface area contributed by atoms with Crippen LogP contribution in [0.1, 0.15) is 18.1 Å². The molecule has 0 radical (unpaired) electrons. The summed E-state index contributed by atoms with van der Waals surface area (Å²) in [5.74, 6) is -0.338. The Labute approximate surface area is 156 Å². The number of benzene rings is 1. The van der Waals surface area contributed by atoms with Gasteiger partial charge in [0.15, 0.2) is 0 Å². The third-order valence-electron chi connectivity index (χ3n) is 4.04. The van der Waals surface area contributed by atoms with Crippen molar-refractivity contribution in [2.75, 3.05) is 0 Å². The first-order valence-corrected chi connectivity index (χ1v) is 9.18.